The molecule has 5 heteroatoms. The van der Waals surface area contributed by atoms with Crippen LogP contribution in [0.1, 0.15) is 25.7 Å². The van der Waals surface area contributed by atoms with E-state index >= 15 is 0 Å². The van der Waals surface area contributed by atoms with E-state index in [0.717, 1.165) is 61.3 Å². The number of fused-ring (bicyclic) bond motifs is 1. The fraction of sp³-hybridized carbons (Fsp3) is 0.440. The lowest BCUT2D eigenvalue weighted by molar-refractivity contribution is -0.123. The standard InChI is InChI=1S/C25H32N4O/c1-27(2)15-7-12-24(30)19-13-16-29(17-14-19)21-9-6-8-20(18-21)25-26-22-10-4-5-11-23(22)28(25)3/h4-6,8-11,18-19H,7,12-17H2,1-3H3. The van der Waals surface area contributed by atoms with Crippen LogP contribution in [0.3, 0.4) is 0 Å². The van der Waals surface area contributed by atoms with Crippen LogP contribution in [0.5, 0.6) is 0 Å². The molecule has 0 radical (unpaired) electrons. The molecular formula is C25H32N4O. The number of anilines is 1. The molecule has 30 heavy (non-hydrogen) atoms. The topological polar surface area (TPSA) is 41.4 Å². The molecule has 1 fully saturated rings. The van der Waals surface area contributed by atoms with E-state index in [0.29, 0.717) is 12.2 Å². The number of Topliss-reactive ketones (excluding diaryl/α,β-unsaturated/α-hetero) is 1. The number of hydrogen-bond donors (Lipinski definition) is 0. The molecule has 3 aromatic rings. The van der Waals surface area contributed by atoms with Gasteiger partial charge in [0.1, 0.15) is 11.6 Å². The van der Waals surface area contributed by atoms with Crippen molar-refractivity contribution in [1.29, 1.82) is 0 Å². The molecule has 1 aliphatic heterocycles. The van der Waals surface area contributed by atoms with Crippen molar-refractivity contribution in [2.75, 3.05) is 38.6 Å². The normalized spacial score (nSPS) is 15.3. The molecule has 0 unspecified atom stereocenters. The van der Waals surface area contributed by atoms with E-state index in [1.54, 1.807) is 0 Å². The van der Waals surface area contributed by atoms with Crippen molar-refractivity contribution >= 4 is 22.5 Å². The number of hydrogen-bond acceptors (Lipinski definition) is 4. The molecule has 1 saturated heterocycles. The SMILES string of the molecule is CN(C)CCCC(=O)C1CCN(c2cccc(-c3nc4ccccc4n3C)c2)CC1. The summed E-state index contributed by atoms with van der Waals surface area (Å²) in [6.45, 7) is 2.87. The minimum atomic E-state index is 0.228. The van der Waals surface area contributed by atoms with Crippen molar-refractivity contribution in [3.63, 3.8) is 0 Å². The molecule has 0 aliphatic carbocycles. The zero-order valence-electron chi connectivity index (χ0n) is 18.3. The monoisotopic (exact) mass is 404 g/mol. The van der Waals surface area contributed by atoms with Crippen LogP contribution in [-0.4, -0.2) is 54.0 Å². The molecule has 0 saturated carbocycles. The smallest absolute Gasteiger partial charge is 0.140 e. The van der Waals surface area contributed by atoms with Gasteiger partial charge in [-0.1, -0.05) is 24.3 Å². The molecule has 1 aromatic heterocycles. The molecular weight excluding hydrogens is 372 g/mol. The molecule has 0 atom stereocenters. The number of rotatable bonds is 7. The van der Waals surface area contributed by atoms with Gasteiger partial charge in [-0.15, -0.1) is 0 Å². The maximum absolute atomic E-state index is 12.5. The van der Waals surface area contributed by atoms with Gasteiger partial charge in [-0.2, -0.15) is 0 Å². The molecule has 5 nitrogen and oxygen atoms in total. The third-order valence-corrected chi connectivity index (χ3v) is 6.24. The quantitative estimate of drug-likeness (QED) is 0.586. The Morgan fingerprint density at radius 3 is 2.60 bits per heavy atom. The van der Waals surface area contributed by atoms with E-state index in [2.05, 4.69) is 78.0 Å². The summed E-state index contributed by atoms with van der Waals surface area (Å²) in [6.07, 6.45) is 3.59. The number of carbonyl (C=O) groups excluding carboxylic acids is 1. The van der Waals surface area contributed by atoms with Crippen LogP contribution in [0.4, 0.5) is 5.69 Å². The summed E-state index contributed by atoms with van der Waals surface area (Å²) in [5.74, 6) is 1.67. The average Bonchev–Trinajstić information content (AvgIpc) is 3.10. The Morgan fingerprint density at radius 2 is 1.87 bits per heavy atom. The van der Waals surface area contributed by atoms with Gasteiger partial charge in [0.15, 0.2) is 0 Å². The molecule has 0 bridgehead atoms. The maximum Gasteiger partial charge on any atom is 0.140 e. The number of aryl methyl sites for hydroxylation is 1. The predicted octanol–water partition coefficient (Wildman–Crippen LogP) is 4.37. The lowest BCUT2D eigenvalue weighted by Gasteiger charge is -2.33. The van der Waals surface area contributed by atoms with E-state index in [9.17, 15) is 4.79 Å². The van der Waals surface area contributed by atoms with E-state index < -0.39 is 0 Å². The van der Waals surface area contributed by atoms with Gasteiger partial charge >= 0.3 is 0 Å². The Labute approximate surface area is 179 Å². The molecule has 158 valence electrons. The second-order valence-electron chi connectivity index (χ2n) is 8.67. The first-order valence-electron chi connectivity index (χ1n) is 11.0. The van der Waals surface area contributed by atoms with Crippen molar-refractivity contribution in [2.45, 2.75) is 25.7 Å². The number of ketones is 1. The van der Waals surface area contributed by atoms with Gasteiger partial charge in [0.2, 0.25) is 0 Å². The van der Waals surface area contributed by atoms with Crippen molar-refractivity contribution in [3.8, 4) is 11.4 Å². The van der Waals surface area contributed by atoms with Gasteiger partial charge in [0.25, 0.3) is 0 Å². The first-order valence-corrected chi connectivity index (χ1v) is 11.0. The van der Waals surface area contributed by atoms with Crippen molar-refractivity contribution in [3.05, 3.63) is 48.5 Å². The van der Waals surface area contributed by atoms with Crippen LogP contribution in [0, 0.1) is 5.92 Å². The third-order valence-electron chi connectivity index (χ3n) is 6.24. The Kier molecular flexibility index (Phi) is 6.18. The van der Waals surface area contributed by atoms with Crippen LogP contribution in [0.2, 0.25) is 0 Å². The second kappa shape index (κ2) is 9.00. The molecule has 2 heterocycles. The summed E-state index contributed by atoms with van der Waals surface area (Å²) < 4.78 is 2.16. The number of benzene rings is 2. The van der Waals surface area contributed by atoms with Crippen molar-refractivity contribution in [1.82, 2.24) is 14.5 Å². The minimum absolute atomic E-state index is 0.228. The van der Waals surface area contributed by atoms with Gasteiger partial charge in [-0.3, -0.25) is 4.79 Å². The fourth-order valence-electron chi connectivity index (χ4n) is 4.48. The molecule has 1 aliphatic rings. The van der Waals surface area contributed by atoms with Gasteiger partial charge < -0.3 is 14.4 Å². The largest absolute Gasteiger partial charge is 0.371 e. The highest BCUT2D eigenvalue weighted by molar-refractivity contribution is 5.82. The Morgan fingerprint density at radius 1 is 1.10 bits per heavy atom. The minimum Gasteiger partial charge on any atom is -0.371 e. The van der Waals surface area contributed by atoms with Gasteiger partial charge in [-0.05, 0) is 64.2 Å². The fourth-order valence-corrected chi connectivity index (χ4v) is 4.48. The van der Waals surface area contributed by atoms with E-state index in [1.165, 1.54) is 5.69 Å². The van der Waals surface area contributed by atoms with E-state index in [1.807, 2.05) is 6.07 Å². The Bertz CT molecular complexity index is 1010. The lowest BCUT2D eigenvalue weighted by atomic mass is 9.90. The van der Waals surface area contributed by atoms with E-state index in [-0.39, 0.29) is 5.92 Å². The first-order chi connectivity index (χ1) is 14.5. The number of nitrogens with zero attached hydrogens (tertiary/aromatic N) is 4. The van der Waals surface area contributed by atoms with Crippen molar-refractivity contribution in [2.24, 2.45) is 13.0 Å². The van der Waals surface area contributed by atoms with E-state index in [4.69, 9.17) is 4.98 Å². The number of aromatic nitrogens is 2. The number of carbonyl (C=O) groups is 1. The van der Waals surface area contributed by atoms with Crippen LogP contribution in [0.25, 0.3) is 22.4 Å². The van der Waals surface area contributed by atoms with Crippen LogP contribution >= 0.6 is 0 Å². The Hall–Kier alpha value is -2.66. The van der Waals surface area contributed by atoms with Gasteiger partial charge in [0, 0.05) is 43.7 Å². The second-order valence-corrected chi connectivity index (χ2v) is 8.67. The van der Waals surface area contributed by atoms with Crippen molar-refractivity contribution < 1.29 is 4.79 Å². The summed E-state index contributed by atoms with van der Waals surface area (Å²) >= 11 is 0. The summed E-state index contributed by atoms with van der Waals surface area (Å²) in [6, 6.07) is 16.9. The molecule has 4 rings (SSSR count). The average molecular weight is 405 g/mol. The lowest BCUT2D eigenvalue weighted by Crippen LogP contribution is -2.36. The van der Waals surface area contributed by atoms with Crippen LogP contribution in [0.15, 0.2) is 48.5 Å². The van der Waals surface area contributed by atoms with Gasteiger partial charge in [0.05, 0.1) is 11.0 Å². The first kappa shape index (κ1) is 20.6. The van der Waals surface area contributed by atoms with Gasteiger partial charge in [-0.25, -0.2) is 4.98 Å². The highest BCUT2D eigenvalue weighted by atomic mass is 16.1. The van der Waals surface area contributed by atoms with Crippen LogP contribution in [-0.2, 0) is 11.8 Å². The highest BCUT2D eigenvalue weighted by Crippen LogP contribution is 2.29. The summed E-state index contributed by atoms with van der Waals surface area (Å²) in [5, 5.41) is 0. The Balaban J connectivity index is 1.43. The molecule has 0 amide bonds. The zero-order valence-corrected chi connectivity index (χ0v) is 18.3. The predicted molar refractivity (Wildman–Crippen MR) is 124 cm³/mol. The number of piperidine rings is 1. The zero-order chi connectivity index (χ0) is 21.1. The number of imidazole rings is 1. The summed E-state index contributed by atoms with van der Waals surface area (Å²) in [4.78, 5) is 21.9. The number of para-hydroxylation sites is 2. The third kappa shape index (κ3) is 4.41. The molecule has 0 spiro atoms. The summed E-state index contributed by atoms with van der Waals surface area (Å²) in [5.41, 5.74) is 4.52. The maximum atomic E-state index is 12.5. The van der Waals surface area contributed by atoms with Crippen LogP contribution < -0.4 is 4.90 Å². The summed E-state index contributed by atoms with van der Waals surface area (Å²) in [7, 11) is 6.19. The molecule has 2 aromatic carbocycles. The highest BCUT2D eigenvalue weighted by Gasteiger charge is 2.25. The molecule has 0 N–H and O–H groups in total.